The van der Waals surface area contributed by atoms with E-state index in [1.807, 2.05) is 0 Å². The second-order valence-corrected chi connectivity index (χ2v) is 6.45. The summed E-state index contributed by atoms with van der Waals surface area (Å²) >= 11 is 0. The lowest BCUT2D eigenvalue weighted by atomic mass is 10.1. The summed E-state index contributed by atoms with van der Waals surface area (Å²) in [6.07, 6.45) is 0. The summed E-state index contributed by atoms with van der Waals surface area (Å²) < 4.78 is 2.17. The van der Waals surface area contributed by atoms with Crippen LogP contribution in [-0.2, 0) is 13.1 Å². The van der Waals surface area contributed by atoms with Gasteiger partial charge in [0.2, 0.25) is 0 Å². The lowest BCUT2D eigenvalue weighted by Gasteiger charge is -2.37. The molecule has 104 valence electrons. The molecule has 2 aliphatic rings. The van der Waals surface area contributed by atoms with Crippen LogP contribution in [0.25, 0.3) is 0 Å². The smallest absolute Gasteiger partial charge is 0.128 e. The fraction of sp³-hybridized carbons (Fsp3) is 0.571. The number of hydrogen-bond acceptors (Lipinski definition) is 0. The molecule has 2 heterocycles. The van der Waals surface area contributed by atoms with E-state index in [9.17, 15) is 0 Å². The van der Waals surface area contributed by atoms with Crippen LogP contribution in [0, 0.1) is 0 Å². The maximum Gasteiger partial charge on any atom is 0.128 e. The molecule has 4 heteroatoms. The average molecular weight is 291 g/mol. The molecule has 0 atom stereocenters. The standard InChI is InChI=1S/C14H24N2.2ClH/c1-15(2)9-10-16(3,4)12-14-7-5-13(11-15)6-8-14;;/h5-8H,9-12H2,1-4H3;2*1H/q+2;;/p-2. The van der Waals surface area contributed by atoms with E-state index >= 15 is 0 Å². The van der Waals surface area contributed by atoms with Crippen molar-refractivity contribution in [1.29, 1.82) is 0 Å². The van der Waals surface area contributed by atoms with E-state index in [-0.39, 0.29) is 24.8 Å². The number of benzene rings is 1. The van der Waals surface area contributed by atoms with E-state index in [4.69, 9.17) is 0 Å². The molecule has 0 aromatic heterocycles. The van der Waals surface area contributed by atoms with Crippen LogP contribution in [-0.4, -0.2) is 50.2 Å². The van der Waals surface area contributed by atoms with Gasteiger partial charge >= 0.3 is 0 Å². The first kappa shape index (κ1) is 17.7. The predicted octanol–water partition coefficient (Wildman–Crippen LogP) is -4.14. The Hall–Kier alpha value is -0.280. The summed E-state index contributed by atoms with van der Waals surface area (Å²) in [5, 5.41) is 0. The molecule has 18 heavy (non-hydrogen) atoms. The molecule has 0 saturated carbocycles. The third kappa shape index (κ3) is 4.77. The Morgan fingerprint density at radius 1 is 0.667 bits per heavy atom. The van der Waals surface area contributed by atoms with Gasteiger partial charge in [0.25, 0.3) is 0 Å². The van der Waals surface area contributed by atoms with Crippen LogP contribution in [0.2, 0.25) is 0 Å². The van der Waals surface area contributed by atoms with Crippen LogP contribution in [0.5, 0.6) is 0 Å². The van der Waals surface area contributed by atoms with Gasteiger partial charge in [0.15, 0.2) is 0 Å². The fourth-order valence-corrected chi connectivity index (χ4v) is 2.44. The molecule has 2 bridgehead atoms. The highest BCUT2D eigenvalue weighted by molar-refractivity contribution is 5.21. The zero-order chi connectivity index (χ0) is 11.8. The number of likely N-dealkylation sites (N-methyl/N-ethyl adjacent to an activating group) is 2. The highest BCUT2D eigenvalue weighted by Gasteiger charge is 2.25. The number of fused-ring (bicyclic) bond motifs is 7. The minimum absolute atomic E-state index is 0. The van der Waals surface area contributed by atoms with Crippen molar-refractivity contribution in [2.75, 3.05) is 41.3 Å². The maximum atomic E-state index is 2.33. The lowest BCUT2D eigenvalue weighted by molar-refractivity contribution is -0.958. The van der Waals surface area contributed by atoms with Gasteiger partial charge in [-0.2, -0.15) is 0 Å². The molecule has 3 rings (SSSR count). The van der Waals surface area contributed by atoms with Crippen LogP contribution < -0.4 is 24.8 Å². The van der Waals surface area contributed by atoms with Crippen molar-refractivity contribution in [2.24, 2.45) is 0 Å². The van der Waals surface area contributed by atoms with Crippen molar-refractivity contribution in [3.05, 3.63) is 35.4 Å². The molecule has 1 aromatic carbocycles. The Morgan fingerprint density at radius 2 is 0.944 bits per heavy atom. The van der Waals surface area contributed by atoms with Crippen LogP contribution in [0.4, 0.5) is 0 Å². The van der Waals surface area contributed by atoms with Gasteiger partial charge in [-0.25, -0.2) is 0 Å². The summed E-state index contributed by atoms with van der Waals surface area (Å²) in [6, 6.07) is 9.17. The second kappa shape index (κ2) is 6.25. The molecular weight excluding hydrogens is 267 g/mol. The van der Waals surface area contributed by atoms with Crippen molar-refractivity contribution < 1.29 is 33.8 Å². The summed E-state index contributed by atoms with van der Waals surface area (Å²) in [4.78, 5) is 0. The molecule has 0 amide bonds. The first-order chi connectivity index (χ1) is 7.36. The molecule has 1 aromatic rings. The lowest BCUT2D eigenvalue weighted by Crippen LogP contribution is -3.00. The Balaban J connectivity index is 0.00000144. The normalized spacial score (nSPS) is 20.4. The Labute approximate surface area is 124 Å². The minimum atomic E-state index is 0. The van der Waals surface area contributed by atoms with Gasteiger partial charge in [0.1, 0.15) is 26.2 Å². The van der Waals surface area contributed by atoms with Crippen LogP contribution >= 0.6 is 0 Å². The molecule has 0 N–H and O–H groups in total. The van der Waals surface area contributed by atoms with Gasteiger partial charge in [0.05, 0.1) is 28.2 Å². The maximum absolute atomic E-state index is 2.33. The molecule has 0 radical (unpaired) electrons. The van der Waals surface area contributed by atoms with Crippen molar-refractivity contribution >= 4 is 0 Å². The highest BCUT2D eigenvalue weighted by atomic mass is 35.5. The number of nitrogens with zero attached hydrogens (tertiary/aromatic N) is 2. The van der Waals surface area contributed by atoms with Crippen molar-refractivity contribution in [3.63, 3.8) is 0 Å². The second-order valence-electron chi connectivity index (χ2n) is 6.45. The zero-order valence-electron chi connectivity index (χ0n) is 11.8. The Kier molecular flexibility index (Phi) is 6.15. The van der Waals surface area contributed by atoms with E-state index in [2.05, 4.69) is 52.5 Å². The Morgan fingerprint density at radius 3 is 1.22 bits per heavy atom. The van der Waals surface area contributed by atoms with E-state index < -0.39 is 0 Å². The molecule has 0 saturated heterocycles. The summed E-state index contributed by atoms with van der Waals surface area (Å²) in [6.45, 7) is 4.76. The number of halogens is 2. The topological polar surface area (TPSA) is 0 Å². The molecule has 2 aliphatic heterocycles. The average Bonchev–Trinajstić information content (AvgIpc) is 2.17. The van der Waals surface area contributed by atoms with Gasteiger partial charge < -0.3 is 33.8 Å². The van der Waals surface area contributed by atoms with E-state index in [0.717, 1.165) is 22.1 Å². The quantitative estimate of drug-likeness (QED) is 0.426. The van der Waals surface area contributed by atoms with Gasteiger partial charge in [-0.05, 0) is 0 Å². The highest BCUT2D eigenvalue weighted by Crippen LogP contribution is 2.17. The molecular formula is C14H24Cl2N2. The van der Waals surface area contributed by atoms with Crippen molar-refractivity contribution in [3.8, 4) is 0 Å². The summed E-state index contributed by atoms with van der Waals surface area (Å²) in [5.74, 6) is 0. The summed E-state index contributed by atoms with van der Waals surface area (Å²) in [7, 11) is 9.32. The fourth-order valence-electron chi connectivity index (χ4n) is 2.44. The van der Waals surface area contributed by atoms with Gasteiger partial charge in [-0.3, -0.25) is 0 Å². The van der Waals surface area contributed by atoms with E-state index in [1.165, 1.54) is 24.2 Å². The first-order valence-corrected chi connectivity index (χ1v) is 6.08. The Bertz CT molecular complexity index is 335. The summed E-state index contributed by atoms with van der Waals surface area (Å²) in [5.41, 5.74) is 2.92. The van der Waals surface area contributed by atoms with Crippen molar-refractivity contribution in [1.82, 2.24) is 0 Å². The van der Waals surface area contributed by atoms with Crippen LogP contribution in [0.3, 0.4) is 0 Å². The number of quaternary nitrogens is 2. The predicted molar refractivity (Wildman–Crippen MR) is 67.8 cm³/mol. The zero-order valence-corrected chi connectivity index (χ0v) is 13.3. The van der Waals surface area contributed by atoms with Crippen LogP contribution in [0.15, 0.2) is 24.3 Å². The third-order valence-corrected chi connectivity index (χ3v) is 3.55. The monoisotopic (exact) mass is 290 g/mol. The van der Waals surface area contributed by atoms with Crippen molar-refractivity contribution in [2.45, 2.75) is 13.1 Å². The van der Waals surface area contributed by atoms with Gasteiger partial charge in [-0.15, -0.1) is 0 Å². The number of rotatable bonds is 0. The largest absolute Gasteiger partial charge is 1.00 e. The van der Waals surface area contributed by atoms with Gasteiger partial charge in [-0.1, -0.05) is 24.3 Å². The molecule has 0 unspecified atom stereocenters. The molecule has 0 spiro atoms. The molecule has 0 aliphatic carbocycles. The van der Waals surface area contributed by atoms with E-state index in [0.29, 0.717) is 0 Å². The molecule has 2 nitrogen and oxygen atoms in total. The molecule has 0 fully saturated rings. The minimum Gasteiger partial charge on any atom is -1.00 e. The van der Waals surface area contributed by atoms with Gasteiger partial charge in [0, 0.05) is 11.1 Å². The van der Waals surface area contributed by atoms with Crippen LogP contribution in [0.1, 0.15) is 11.1 Å². The number of hydrogen-bond donors (Lipinski definition) is 0. The SMILES string of the molecule is C[N+]1(C)CC[N+](C)(C)Cc2ccc(cc2)C1.[Cl-].[Cl-]. The first-order valence-electron chi connectivity index (χ1n) is 6.08. The van der Waals surface area contributed by atoms with E-state index in [1.54, 1.807) is 0 Å². The third-order valence-electron chi connectivity index (χ3n) is 3.55.